The minimum atomic E-state index is -3.50. The molecular formula is C18H29NO4S. The summed E-state index contributed by atoms with van der Waals surface area (Å²) in [6, 6.07) is 5.11. The van der Waals surface area contributed by atoms with Crippen LogP contribution in [0.4, 0.5) is 0 Å². The molecule has 1 aromatic carbocycles. The third-order valence-electron chi connectivity index (χ3n) is 4.18. The van der Waals surface area contributed by atoms with Crippen molar-refractivity contribution in [2.45, 2.75) is 64.1 Å². The van der Waals surface area contributed by atoms with Gasteiger partial charge in [0.2, 0.25) is 10.0 Å². The van der Waals surface area contributed by atoms with Crippen LogP contribution in [0.3, 0.4) is 0 Å². The number of hydrogen-bond donors (Lipinski definition) is 0. The highest BCUT2D eigenvalue weighted by Crippen LogP contribution is 2.26. The van der Waals surface area contributed by atoms with Gasteiger partial charge in [0.05, 0.1) is 23.7 Å². The van der Waals surface area contributed by atoms with E-state index in [-0.39, 0.29) is 12.2 Å². The summed E-state index contributed by atoms with van der Waals surface area (Å²) in [7, 11) is -3.50. The third kappa shape index (κ3) is 4.71. The number of rotatable bonds is 7. The Morgan fingerprint density at radius 1 is 1.21 bits per heavy atom. The molecule has 0 aromatic heterocycles. The van der Waals surface area contributed by atoms with E-state index < -0.39 is 10.0 Å². The Kier molecular flexibility index (Phi) is 6.66. The zero-order chi connectivity index (χ0) is 17.7. The molecule has 1 fully saturated rings. The van der Waals surface area contributed by atoms with Gasteiger partial charge < -0.3 is 9.47 Å². The molecule has 0 spiro atoms. The molecule has 0 bridgehead atoms. The molecule has 1 heterocycles. The molecule has 1 aliphatic rings. The molecule has 0 amide bonds. The van der Waals surface area contributed by atoms with Crippen molar-refractivity contribution in [3.05, 3.63) is 23.8 Å². The van der Waals surface area contributed by atoms with Crippen molar-refractivity contribution in [1.29, 1.82) is 0 Å². The van der Waals surface area contributed by atoms with Gasteiger partial charge in [-0.05, 0) is 51.0 Å². The lowest BCUT2D eigenvalue weighted by atomic mass is 10.2. The number of aryl methyl sites for hydroxylation is 1. The summed E-state index contributed by atoms with van der Waals surface area (Å²) in [6.07, 6.45) is 3.12. The summed E-state index contributed by atoms with van der Waals surface area (Å²) in [5.41, 5.74) is 0.849. The molecule has 6 heteroatoms. The average molecular weight is 356 g/mol. The lowest BCUT2D eigenvalue weighted by Crippen LogP contribution is -2.48. The van der Waals surface area contributed by atoms with Crippen molar-refractivity contribution >= 4 is 10.0 Å². The molecule has 5 nitrogen and oxygen atoms in total. The average Bonchev–Trinajstić information content (AvgIpc) is 2.51. The molecule has 1 saturated heterocycles. The van der Waals surface area contributed by atoms with Gasteiger partial charge in [-0.15, -0.1) is 0 Å². The highest BCUT2D eigenvalue weighted by Gasteiger charge is 2.32. The van der Waals surface area contributed by atoms with E-state index in [2.05, 4.69) is 6.92 Å². The number of nitrogens with zero attached hydrogens (tertiary/aromatic N) is 1. The van der Waals surface area contributed by atoms with Gasteiger partial charge >= 0.3 is 0 Å². The van der Waals surface area contributed by atoms with Crippen molar-refractivity contribution in [2.75, 3.05) is 19.7 Å². The second kappa shape index (κ2) is 8.32. The molecule has 1 aromatic rings. The Morgan fingerprint density at radius 3 is 2.46 bits per heavy atom. The van der Waals surface area contributed by atoms with E-state index in [1.165, 1.54) is 4.31 Å². The van der Waals surface area contributed by atoms with E-state index >= 15 is 0 Å². The fraction of sp³-hybridized carbons (Fsp3) is 0.667. The van der Waals surface area contributed by atoms with Gasteiger partial charge in [0.15, 0.2) is 0 Å². The number of sulfonamides is 1. The van der Waals surface area contributed by atoms with Crippen molar-refractivity contribution < 1.29 is 17.9 Å². The predicted octanol–water partition coefficient (Wildman–Crippen LogP) is 3.36. The first-order valence-corrected chi connectivity index (χ1v) is 10.2. The summed E-state index contributed by atoms with van der Waals surface area (Å²) in [5.74, 6) is 0.758. The van der Waals surface area contributed by atoms with Gasteiger partial charge in [0, 0.05) is 13.1 Å². The molecule has 0 N–H and O–H groups in total. The predicted molar refractivity (Wildman–Crippen MR) is 95.0 cm³/mol. The summed E-state index contributed by atoms with van der Waals surface area (Å²) in [6.45, 7) is 9.28. The highest BCUT2D eigenvalue weighted by molar-refractivity contribution is 7.89. The first-order chi connectivity index (χ1) is 11.3. The normalized spacial score (nSPS) is 22.5. The third-order valence-corrected chi connectivity index (χ3v) is 6.00. The standard InChI is InChI=1S/C18H29NO4S/c1-5-6-7-10-22-18-9-8-17(11-14(18)2)24(20,21)19-12-15(3)23-16(4)13-19/h8-9,11,15-16H,5-7,10,12-13H2,1-4H3. The number of benzene rings is 1. The van der Waals surface area contributed by atoms with Crippen molar-refractivity contribution in [1.82, 2.24) is 4.31 Å². The number of ether oxygens (including phenoxy) is 2. The topological polar surface area (TPSA) is 55.8 Å². The molecule has 136 valence electrons. The summed E-state index contributed by atoms with van der Waals surface area (Å²) in [4.78, 5) is 0.321. The molecule has 0 radical (unpaired) electrons. The van der Waals surface area contributed by atoms with Gasteiger partial charge in [-0.2, -0.15) is 4.31 Å². The van der Waals surface area contributed by atoms with Crippen molar-refractivity contribution in [3.8, 4) is 5.75 Å². The van der Waals surface area contributed by atoms with E-state index in [0.29, 0.717) is 24.6 Å². The Hall–Kier alpha value is -1.11. The molecule has 0 aliphatic carbocycles. The first kappa shape index (κ1) is 19.2. The van der Waals surface area contributed by atoms with E-state index in [1.807, 2.05) is 20.8 Å². The van der Waals surface area contributed by atoms with Crippen LogP contribution in [0.1, 0.15) is 45.6 Å². The second-order valence-electron chi connectivity index (χ2n) is 6.56. The Balaban J connectivity index is 2.12. The minimum Gasteiger partial charge on any atom is -0.493 e. The van der Waals surface area contributed by atoms with Gasteiger partial charge in [-0.1, -0.05) is 19.8 Å². The zero-order valence-electron chi connectivity index (χ0n) is 15.1. The first-order valence-electron chi connectivity index (χ1n) is 8.73. The molecule has 0 saturated carbocycles. The van der Waals surface area contributed by atoms with Gasteiger partial charge in [0.1, 0.15) is 5.75 Å². The second-order valence-corrected chi connectivity index (χ2v) is 8.50. The van der Waals surface area contributed by atoms with Crippen LogP contribution >= 0.6 is 0 Å². The summed E-state index contributed by atoms with van der Waals surface area (Å²) < 4.78 is 38.6. The Labute approximate surface area is 146 Å². The Morgan fingerprint density at radius 2 is 1.88 bits per heavy atom. The van der Waals surface area contributed by atoms with Gasteiger partial charge in [-0.25, -0.2) is 8.42 Å². The van der Waals surface area contributed by atoms with Crippen LogP contribution in [0.5, 0.6) is 5.75 Å². The summed E-state index contributed by atoms with van der Waals surface area (Å²) >= 11 is 0. The number of hydrogen-bond acceptors (Lipinski definition) is 4. The van der Waals surface area contributed by atoms with Gasteiger partial charge in [-0.3, -0.25) is 0 Å². The van der Waals surface area contributed by atoms with E-state index in [9.17, 15) is 8.42 Å². The van der Waals surface area contributed by atoms with Crippen LogP contribution in [-0.4, -0.2) is 44.6 Å². The van der Waals surface area contributed by atoms with Crippen LogP contribution in [0.15, 0.2) is 23.1 Å². The molecule has 2 rings (SSSR count). The number of morpholine rings is 1. The molecule has 1 aliphatic heterocycles. The van der Waals surface area contributed by atoms with Crippen LogP contribution in [0, 0.1) is 6.92 Å². The van der Waals surface area contributed by atoms with E-state index in [1.54, 1.807) is 18.2 Å². The zero-order valence-corrected chi connectivity index (χ0v) is 15.9. The van der Waals surface area contributed by atoms with Crippen LogP contribution in [0.2, 0.25) is 0 Å². The Bertz CT molecular complexity index is 634. The monoisotopic (exact) mass is 355 g/mol. The maximum Gasteiger partial charge on any atom is 0.243 e. The SMILES string of the molecule is CCCCCOc1ccc(S(=O)(=O)N2CC(C)OC(C)C2)cc1C. The fourth-order valence-electron chi connectivity index (χ4n) is 2.95. The van der Waals surface area contributed by atoms with Crippen LogP contribution in [0.25, 0.3) is 0 Å². The largest absolute Gasteiger partial charge is 0.493 e. The minimum absolute atomic E-state index is 0.0919. The van der Waals surface area contributed by atoms with E-state index in [0.717, 1.165) is 30.6 Å². The lowest BCUT2D eigenvalue weighted by Gasteiger charge is -2.34. The van der Waals surface area contributed by atoms with Crippen molar-refractivity contribution in [3.63, 3.8) is 0 Å². The molecule has 2 unspecified atom stereocenters. The van der Waals surface area contributed by atoms with Gasteiger partial charge in [0.25, 0.3) is 0 Å². The molecule has 24 heavy (non-hydrogen) atoms. The maximum absolute atomic E-state index is 12.9. The molecule has 2 atom stereocenters. The van der Waals surface area contributed by atoms with Crippen LogP contribution < -0.4 is 4.74 Å². The maximum atomic E-state index is 12.9. The van der Waals surface area contributed by atoms with Crippen molar-refractivity contribution in [2.24, 2.45) is 0 Å². The highest BCUT2D eigenvalue weighted by atomic mass is 32.2. The lowest BCUT2D eigenvalue weighted by molar-refractivity contribution is -0.0440. The number of unbranched alkanes of at least 4 members (excludes halogenated alkanes) is 2. The fourth-order valence-corrected chi connectivity index (χ4v) is 4.63. The van der Waals surface area contributed by atoms with E-state index in [4.69, 9.17) is 9.47 Å². The van der Waals surface area contributed by atoms with Crippen LogP contribution in [-0.2, 0) is 14.8 Å². The smallest absolute Gasteiger partial charge is 0.243 e. The summed E-state index contributed by atoms with van der Waals surface area (Å²) in [5, 5.41) is 0. The molecular weight excluding hydrogens is 326 g/mol. The quantitative estimate of drug-likeness (QED) is 0.704.